The van der Waals surface area contributed by atoms with E-state index >= 15 is 0 Å². The van der Waals surface area contributed by atoms with Crippen molar-refractivity contribution in [2.75, 3.05) is 12.9 Å². The molecule has 0 aliphatic rings. The molecule has 4 nitrogen and oxygen atoms in total. The summed E-state index contributed by atoms with van der Waals surface area (Å²) < 4.78 is 5.26. The molecule has 1 amide bonds. The lowest BCUT2D eigenvalue weighted by Crippen LogP contribution is -2.32. The molecule has 5 heteroatoms. The van der Waals surface area contributed by atoms with Gasteiger partial charge in [-0.05, 0) is 31.7 Å². The second-order valence-electron chi connectivity index (χ2n) is 3.21. The van der Waals surface area contributed by atoms with Gasteiger partial charge in [0.05, 0.1) is 0 Å². The summed E-state index contributed by atoms with van der Waals surface area (Å²) in [6, 6.07) is 3.36. The number of rotatable bonds is 5. The number of aliphatic hydroxyl groups excluding tert-OH is 1. The quantitative estimate of drug-likeness (QED) is 0.751. The van der Waals surface area contributed by atoms with Gasteiger partial charge in [0, 0.05) is 12.6 Å². The highest BCUT2D eigenvalue weighted by molar-refractivity contribution is 7.98. The molecule has 1 heterocycles. The van der Waals surface area contributed by atoms with E-state index in [2.05, 4.69) is 5.32 Å². The molecule has 0 bridgehead atoms. The van der Waals surface area contributed by atoms with Crippen LogP contribution in [0.25, 0.3) is 0 Å². The van der Waals surface area contributed by atoms with Crippen LogP contribution in [0.4, 0.5) is 0 Å². The lowest BCUT2D eigenvalue weighted by atomic mass is 10.2. The van der Waals surface area contributed by atoms with Gasteiger partial charge in [0.2, 0.25) is 0 Å². The lowest BCUT2D eigenvalue weighted by Gasteiger charge is -2.10. The second-order valence-corrected chi connectivity index (χ2v) is 4.02. The summed E-state index contributed by atoms with van der Waals surface area (Å²) in [5, 5.41) is 12.1. The molecule has 1 aromatic rings. The summed E-state index contributed by atoms with van der Waals surface area (Å²) in [5.41, 5.74) is 0. The second kappa shape index (κ2) is 5.82. The van der Waals surface area contributed by atoms with Gasteiger partial charge < -0.3 is 14.8 Å². The van der Waals surface area contributed by atoms with Crippen molar-refractivity contribution in [3.63, 3.8) is 0 Å². The predicted molar refractivity (Wildman–Crippen MR) is 59.1 cm³/mol. The lowest BCUT2D eigenvalue weighted by molar-refractivity contribution is 0.0901. The van der Waals surface area contributed by atoms with Gasteiger partial charge in [-0.1, -0.05) is 11.8 Å². The molecule has 1 rings (SSSR count). The van der Waals surface area contributed by atoms with E-state index < -0.39 is 0 Å². The van der Waals surface area contributed by atoms with Gasteiger partial charge >= 0.3 is 0 Å². The average Bonchev–Trinajstić information content (AvgIpc) is 2.66. The molecule has 0 aliphatic heterocycles. The Labute approximate surface area is 93.0 Å². The summed E-state index contributed by atoms with van der Waals surface area (Å²) in [6.45, 7) is 1.90. The highest BCUT2D eigenvalue weighted by Gasteiger charge is 2.13. The Morgan fingerprint density at radius 3 is 2.93 bits per heavy atom. The molecule has 84 valence electrons. The third-order valence-corrected chi connectivity index (χ3v) is 2.57. The molecule has 0 aliphatic carbocycles. The predicted octanol–water partition coefficient (Wildman–Crippen LogP) is 1.50. The zero-order valence-corrected chi connectivity index (χ0v) is 9.63. The van der Waals surface area contributed by atoms with Gasteiger partial charge in [-0.15, -0.1) is 0 Å². The maximum atomic E-state index is 11.6. The monoisotopic (exact) mass is 229 g/mol. The fourth-order valence-electron chi connectivity index (χ4n) is 1.11. The highest BCUT2D eigenvalue weighted by Crippen LogP contribution is 2.17. The van der Waals surface area contributed by atoms with E-state index in [4.69, 9.17) is 9.52 Å². The van der Waals surface area contributed by atoms with E-state index in [-0.39, 0.29) is 18.6 Å². The van der Waals surface area contributed by atoms with Gasteiger partial charge in [0.15, 0.2) is 10.9 Å². The van der Waals surface area contributed by atoms with Crippen molar-refractivity contribution in [2.45, 2.75) is 24.5 Å². The number of carbonyl (C=O) groups is 1. The summed E-state index contributed by atoms with van der Waals surface area (Å²) in [7, 11) is 0. The van der Waals surface area contributed by atoms with E-state index in [1.165, 1.54) is 11.8 Å². The maximum absolute atomic E-state index is 11.6. The standard InChI is InChI=1S/C10H15NO3S/c1-7(5-6-12)11-10(13)8-3-4-9(14-8)15-2/h3-4,7,12H,5-6H2,1-2H3,(H,11,13). The molecule has 0 saturated carbocycles. The number of hydrogen-bond donors (Lipinski definition) is 2. The Morgan fingerprint density at radius 2 is 2.40 bits per heavy atom. The highest BCUT2D eigenvalue weighted by atomic mass is 32.2. The van der Waals surface area contributed by atoms with Crippen LogP contribution >= 0.6 is 11.8 Å². The first-order chi connectivity index (χ1) is 7.17. The van der Waals surface area contributed by atoms with Crippen LogP contribution in [-0.2, 0) is 0 Å². The summed E-state index contributed by atoms with van der Waals surface area (Å²) in [5.74, 6) is 0.0698. The Hall–Kier alpha value is -0.940. The summed E-state index contributed by atoms with van der Waals surface area (Å²) >= 11 is 1.45. The van der Waals surface area contributed by atoms with Crippen LogP contribution in [0.15, 0.2) is 21.6 Å². The van der Waals surface area contributed by atoms with E-state index in [9.17, 15) is 4.79 Å². The van der Waals surface area contributed by atoms with Gasteiger partial charge in [0.1, 0.15) is 0 Å². The third kappa shape index (κ3) is 3.60. The summed E-state index contributed by atoms with van der Waals surface area (Å²) in [6.07, 6.45) is 2.43. The van der Waals surface area contributed by atoms with Crippen molar-refractivity contribution in [3.8, 4) is 0 Å². The van der Waals surface area contributed by atoms with Crippen molar-refractivity contribution in [3.05, 3.63) is 17.9 Å². The Bertz CT molecular complexity index is 324. The molecular weight excluding hydrogens is 214 g/mol. The van der Waals surface area contributed by atoms with Crippen molar-refractivity contribution < 1.29 is 14.3 Å². The number of carbonyl (C=O) groups excluding carboxylic acids is 1. The zero-order chi connectivity index (χ0) is 11.3. The molecular formula is C10H15NO3S. The van der Waals surface area contributed by atoms with Crippen molar-refractivity contribution in [1.29, 1.82) is 0 Å². The molecule has 1 unspecified atom stereocenters. The first-order valence-electron chi connectivity index (χ1n) is 4.73. The number of amides is 1. The molecule has 0 radical (unpaired) electrons. The molecule has 2 N–H and O–H groups in total. The van der Waals surface area contributed by atoms with Crippen LogP contribution in [-0.4, -0.2) is 29.9 Å². The molecule has 0 aromatic carbocycles. The third-order valence-electron chi connectivity index (χ3n) is 1.95. The molecule has 15 heavy (non-hydrogen) atoms. The average molecular weight is 229 g/mol. The smallest absolute Gasteiger partial charge is 0.287 e. The van der Waals surface area contributed by atoms with Crippen LogP contribution < -0.4 is 5.32 Å². The largest absolute Gasteiger partial charge is 0.445 e. The molecule has 1 aromatic heterocycles. The topological polar surface area (TPSA) is 62.5 Å². The van der Waals surface area contributed by atoms with Crippen molar-refractivity contribution >= 4 is 17.7 Å². The summed E-state index contributed by atoms with van der Waals surface area (Å²) in [4.78, 5) is 11.6. The van der Waals surface area contributed by atoms with E-state index in [1.54, 1.807) is 12.1 Å². The van der Waals surface area contributed by atoms with Crippen LogP contribution in [0, 0.1) is 0 Å². The Morgan fingerprint density at radius 1 is 1.67 bits per heavy atom. The van der Waals surface area contributed by atoms with Crippen molar-refractivity contribution in [2.24, 2.45) is 0 Å². The van der Waals surface area contributed by atoms with Gasteiger partial charge in [-0.3, -0.25) is 4.79 Å². The fourth-order valence-corrected chi connectivity index (χ4v) is 1.49. The number of hydrogen-bond acceptors (Lipinski definition) is 4. The number of furan rings is 1. The number of thioether (sulfide) groups is 1. The first-order valence-corrected chi connectivity index (χ1v) is 5.95. The van der Waals surface area contributed by atoms with Crippen LogP contribution in [0.5, 0.6) is 0 Å². The normalized spacial score (nSPS) is 12.5. The fraction of sp³-hybridized carbons (Fsp3) is 0.500. The minimum absolute atomic E-state index is 0.0506. The van der Waals surface area contributed by atoms with E-state index in [0.717, 1.165) is 5.09 Å². The molecule has 0 fully saturated rings. The van der Waals surface area contributed by atoms with Gasteiger partial charge in [-0.25, -0.2) is 0 Å². The van der Waals surface area contributed by atoms with Crippen LogP contribution in [0.2, 0.25) is 0 Å². The van der Waals surface area contributed by atoms with Gasteiger partial charge in [-0.2, -0.15) is 0 Å². The van der Waals surface area contributed by atoms with Crippen molar-refractivity contribution in [1.82, 2.24) is 5.32 Å². The number of aliphatic hydroxyl groups is 1. The minimum atomic E-state index is -0.240. The molecule has 0 spiro atoms. The van der Waals surface area contributed by atoms with E-state index in [0.29, 0.717) is 12.2 Å². The van der Waals surface area contributed by atoms with Gasteiger partial charge in [0.25, 0.3) is 5.91 Å². The van der Waals surface area contributed by atoms with Crippen LogP contribution in [0.1, 0.15) is 23.9 Å². The Balaban J connectivity index is 2.53. The Kier molecular flexibility index (Phi) is 4.71. The zero-order valence-electron chi connectivity index (χ0n) is 8.82. The minimum Gasteiger partial charge on any atom is -0.445 e. The SMILES string of the molecule is CSc1ccc(C(=O)NC(C)CCO)o1. The first kappa shape index (κ1) is 12.1. The maximum Gasteiger partial charge on any atom is 0.287 e. The number of nitrogens with one attached hydrogen (secondary N) is 1. The molecule has 0 saturated heterocycles. The van der Waals surface area contributed by atoms with Crippen LogP contribution in [0.3, 0.4) is 0 Å². The van der Waals surface area contributed by atoms with E-state index in [1.807, 2.05) is 13.2 Å². The molecule has 1 atom stereocenters.